The molecule has 1 aliphatic rings. The minimum Gasteiger partial charge on any atom is -0.103 e. The van der Waals surface area contributed by atoms with Crippen LogP contribution >= 0.6 is 0 Å². The lowest BCUT2D eigenvalue weighted by atomic mass is 9.97. The lowest BCUT2D eigenvalue weighted by Crippen LogP contribution is -1.94. The zero-order valence-electron chi connectivity index (χ0n) is 8.71. The second kappa shape index (κ2) is 5.43. The van der Waals surface area contributed by atoms with Crippen LogP contribution in [0.25, 0.3) is 0 Å². The second-order valence-electron chi connectivity index (χ2n) is 3.58. The van der Waals surface area contributed by atoms with Gasteiger partial charge in [0, 0.05) is 5.92 Å². The molecule has 0 aromatic heterocycles. The van der Waals surface area contributed by atoms with E-state index in [-0.39, 0.29) is 0 Å². The van der Waals surface area contributed by atoms with Gasteiger partial charge in [-0.2, -0.15) is 0 Å². The molecule has 1 aliphatic carbocycles. The summed E-state index contributed by atoms with van der Waals surface area (Å²) in [6.07, 6.45) is 13.5. The van der Waals surface area contributed by atoms with E-state index in [0.29, 0.717) is 5.92 Å². The lowest BCUT2D eigenvalue weighted by molar-refractivity contribution is 0.768. The SMILES string of the molecule is C=CCC1=CC(CC=C)C(CC=C)=C1. The molecule has 1 unspecified atom stereocenters. The van der Waals surface area contributed by atoms with Crippen LogP contribution in [0.4, 0.5) is 0 Å². The van der Waals surface area contributed by atoms with Gasteiger partial charge in [0.25, 0.3) is 0 Å². The molecule has 0 nitrogen and oxygen atoms in total. The summed E-state index contributed by atoms with van der Waals surface area (Å²) in [5, 5.41) is 0. The summed E-state index contributed by atoms with van der Waals surface area (Å²) < 4.78 is 0. The van der Waals surface area contributed by atoms with Crippen molar-refractivity contribution in [1.82, 2.24) is 0 Å². The molecule has 0 saturated carbocycles. The summed E-state index contributed by atoms with van der Waals surface area (Å²) in [5.41, 5.74) is 2.83. The van der Waals surface area contributed by atoms with Gasteiger partial charge in [-0.15, -0.1) is 19.7 Å². The van der Waals surface area contributed by atoms with Crippen LogP contribution in [0.15, 0.2) is 61.3 Å². The Kier molecular flexibility index (Phi) is 4.18. The molecular formula is C14H18. The summed E-state index contributed by atoms with van der Waals surface area (Å²) in [4.78, 5) is 0. The molecule has 0 fully saturated rings. The summed E-state index contributed by atoms with van der Waals surface area (Å²) in [6.45, 7) is 11.3. The first-order valence-electron chi connectivity index (χ1n) is 5.05. The lowest BCUT2D eigenvalue weighted by Gasteiger charge is -2.08. The van der Waals surface area contributed by atoms with Crippen molar-refractivity contribution >= 4 is 0 Å². The van der Waals surface area contributed by atoms with Gasteiger partial charge >= 0.3 is 0 Å². The molecule has 0 heterocycles. The summed E-state index contributed by atoms with van der Waals surface area (Å²) in [6, 6.07) is 0. The van der Waals surface area contributed by atoms with Gasteiger partial charge < -0.3 is 0 Å². The molecule has 0 radical (unpaired) electrons. The van der Waals surface area contributed by atoms with Crippen LogP contribution in [0.5, 0.6) is 0 Å². The Balaban J connectivity index is 2.72. The van der Waals surface area contributed by atoms with Gasteiger partial charge in [0.2, 0.25) is 0 Å². The minimum atomic E-state index is 0.542. The Morgan fingerprint density at radius 1 is 1.07 bits per heavy atom. The third kappa shape index (κ3) is 2.59. The summed E-state index contributed by atoms with van der Waals surface area (Å²) in [5.74, 6) is 0.542. The van der Waals surface area contributed by atoms with E-state index < -0.39 is 0 Å². The molecule has 0 N–H and O–H groups in total. The maximum absolute atomic E-state index is 3.79. The van der Waals surface area contributed by atoms with E-state index >= 15 is 0 Å². The molecule has 0 bridgehead atoms. The first-order valence-corrected chi connectivity index (χ1v) is 5.05. The molecule has 0 aromatic carbocycles. The van der Waals surface area contributed by atoms with E-state index in [1.165, 1.54) is 11.1 Å². The van der Waals surface area contributed by atoms with Gasteiger partial charge in [0.15, 0.2) is 0 Å². The molecule has 14 heavy (non-hydrogen) atoms. The fraction of sp³-hybridized carbons (Fsp3) is 0.286. The van der Waals surface area contributed by atoms with Crippen LogP contribution in [-0.4, -0.2) is 0 Å². The van der Waals surface area contributed by atoms with Crippen molar-refractivity contribution in [1.29, 1.82) is 0 Å². The van der Waals surface area contributed by atoms with Crippen molar-refractivity contribution in [3.05, 3.63) is 61.3 Å². The van der Waals surface area contributed by atoms with Crippen molar-refractivity contribution in [2.75, 3.05) is 0 Å². The Hall–Kier alpha value is -1.30. The second-order valence-corrected chi connectivity index (χ2v) is 3.58. The van der Waals surface area contributed by atoms with Gasteiger partial charge in [0.05, 0.1) is 0 Å². The Labute approximate surface area is 87.0 Å². The van der Waals surface area contributed by atoms with E-state index in [1.54, 1.807) is 0 Å². The van der Waals surface area contributed by atoms with E-state index in [1.807, 2.05) is 18.2 Å². The van der Waals surface area contributed by atoms with Crippen LogP contribution in [0.3, 0.4) is 0 Å². The molecule has 74 valence electrons. The van der Waals surface area contributed by atoms with Crippen LogP contribution in [0, 0.1) is 5.92 Å². The van der Waals surface area contributed by atoms with Crippen LogP contribution in [-0.2, 0) is 0 Å². The number of hydrogen-bond acceptors (Lipinski definition) is 0. The van der Waals surface area contributed by atoms with Crippen molar-refractivity contribution in [3.8, 4) is 0 Å². The van der Waals surface area contributed by atoms with E-state index in [9.17, 15) is 0 Å². The van der Waals surface area contributed by atoms with Crippen LogP contribution in [0.1, 0.15) is 19.3 Å². The maximum Gasteiger partial charge on any atom is 0.00234 e. The third-order valence-electron chi connectivity index (χ3n) is 2.44. The van der Waals surface area contributed by atoms with Gasteiger partial charge in [-0.25, -0.2) is 0 Å². The van der Waals surface area contributed by atoms with Crippen LogP contribution < -0.4 is 0 Å². The highest BCUT2D eigenvalue weighted by Gasteiger charge is 2.15. The molecule has 0 heteroatoms. The zero-order valence-corrected chi connectivity index (χ0v) is 8.71. The molecule has 0 aromatic rings. The zero-order chi connectivity index (χ0) is 10.4. The number of allylic oxidation sites excluding steroid dienone is 7. The van der Waals surface area contributed by atoms with Crippen molar-refractivity contribution < 1.29 is 0 Å². The molecule has 0 spiro atoms. The normalized spacial score (nSPS) is 19.9. The first kappa shape index (κ1) is 10.8. The van der Waals surface area contributed by atoms with E-state index in [2.05, 4.69) is 31.9 Å². The predicted octanol–water partition coefficient (Wildman–Crippen LogP) is 4.20. The predicted molar refractivity (Wildman–Crippen MR) is 64.1 cm³/mol. The van der Waals surface area contributed by atoms with Crippen LogP contribution in [0.2, 0.25) is 0 Å². The highest BCUT2D eigenvalue weighted by molar-refractivity contribution is 5.38. The smallest absolute Gasteiger partial charge is 0.00234 e. The Bertz CT molecular complexity index is 289. The maximum atomic E-state index is 3.79. The Morgan fingerprint density at radius 3 is 2.36 bits per heavy atom. The highest BCUT2D eigenvalue weighted by atomic mass is 14.2. The fourth-order valence-corrected chi connectivity index (χ4v) is 1.83. The Morgan fingerprint density at radius 2 is 1.79 bits per heavy atom. The van der Waals surface area contributed by atoms with Crippen molar-refractivity contribution in [2.45, 2.75) is 19.3 Å². The van der Waals surface area contributed by atoms with Gasteiger partial charge in [-0.3, -0.25) is 0 Å². The number of hydrogen-bond donors (Lipinski definition) is 0. The van der Waals surface area contributed by atoms with E-state index in [0.717, 1.165) is 19.3 Å². The average Bonchev–Trinajstić information content (AvgIpc) is 2.50. The molecule has 0 aliphatic heterocycles. The fourth-order valence-electron chi connectivity index (χ4n) is 1.83. The standard InChI is InChI=1S/C14H18/c1-4-7-12-10-13(8-5-2)14(11-12)9-6-3/h4-6,10-11,13H,1-3,7-9H2. The molecule has 1 rings (SSSR count). The first-order chi connectivity index (χ1) is 6.81. The van der Waals surface area contributed by atoms with Crippen molar-refractivity contribution in [3.63, 3.8) is 0 Å². The minimum absolute atomic E-state index is 0.542. The largest absolute Gasteiger partial charge is 0.103 e. The summed E-state index contributed by atoms with van der Waals surface area (Å²) in [7, 11) is 0. The third-order valence-corrected chi connectivity index (χ3v) is 2.44. The highest BCUT2D eigenvalue weighted by Crippen LogP contribution is 2.31. The average molecular weight is 186 g/mol. The van der Waals surface area contributed by atoms with Gasteiger partial charge in [-0.1, -0.05) is 36.0 Å². The summed E-state index contributed by atoms with van der Waals surface area (Å²) >= 11 is 0. The quantitative estimate of drug-likeness (QED) is 0.545. The molecule has 0 amide bonds. The molecule has 0 saturated heterocycles. The topological polar surface area (TPSA) is 0 Å². The molecule has 1 atom stereocenters. The van der Waals surface area contributed by atoms with Gasteiger partial charge in [0.1, 0.15) is 0 Å². The monoisotopic (exact) mass is 186 g/mol. The number of rotatable bonds is 6. The van der Waals surface area contributed by atoms with Gasteiger partial charge in [-0.05, 0) is 24.8 Å². The van der Waals surface area contributed by atoms with E-state index in [4.69, 9.17) is 0 Å². The van der Waals surface area contributed by atoms with Crippen molar-refractivity contribution in [2.24, 2.45) is 5.92 Å². The molecular weight excluding hydrogens is 168 g/mol.